The molecule has 0 spiro atoms. The van der Waals surface area contributed by atoms with Crippen molar-refractivity contribution in [1.82, 2.24) is 15.5 Å². The molecule has 1 fully saturated rings. The number of rotatable bonds is 3. The summed E-state index contributed by atoms with van der Waals surface area (Å²) < 4.78 is 0. The minimum atomic E-state index is -0.839. The monoisotopic (exact) mass is 255 g/mol. The summed E-state index contributed by atoms with van der Waals surface area (Å²) in [6.07, 6.45) is 1.43. The second-order valence-corrected chi connectivity index (χ2v) is 4.86. The van der Waals surface area contributed by atoms with Crippen molar-refractivity contribution in [1.29, 1.82) is 0 Å². The minimum Gasteiger partial charge on any atom is -0.357 e. The van der Waals surface area contributed by atoms with Crippen molar-refractivity contribution in [3.63, 3.8) is 0 Å². The first kappa shape index (κ1) is 14.5. The molecule has 2 N–H and O–H groups in total. The SMILES string of the molecule is CNC(=O)[C@H](C)NC(=O)C1(C)CCCN1C(C)=O. The van der Waals surface area contributed by atoms with Crippen LogP contribution < -0.4 is 10.6 Å². The van der Waals surface area contributed by atoms with Gasteiger partial charge in [-0.15, -0.1) is 0 Å². The van der Waals surface area contributed by atoms with Gasteiger partial charge < -0.3 is 15.5 Å². The van der Waals surface area contributed by atoms with E-state index in [-0.39, 0.29) is 17.7 Å². The lowest BCUT2D eigenvalue weighted by Crippen LogP contribution is -2.58. The van der Waals surface area contributed by atoms with Crippen LogP contribution in [0.5, 0.6) is 0 Å². The number of likely N-dealkylation sites (N-methyl/N-ethyl adjacent to an activating group) is 1. The molecule has 1 aliphatic heterocycles. The van der Waals surface area contributed by atoms with Crippen LogP contribution in [0, 0.1) is 0 Å². The van der Waals surface area contributed by atoms with Crippen LogP contribution in [0.1, 0.15) is 33.6 Å². The first-order chi connectivity index (χ1) is 8.32. The molecule has 18 heavy (non-hydrogen) atoms. The lowest BCUT2D eigenvalue weighted by atomic mass is 9.97. The molecule has 1 saturated heterocycles. The molecule has 0 saturated carbocycles. The van der Waals surface area contributed by atoms with Crippen LogP contribution in [-0.4, -0.2) is 47.8 Å². The van der Waals surface area contributed by atoms with Crippen molar-refractivity contribution < 1.29 is 14.4 Å². The van der Waals surface area contributed by atoms with Gasteiger partial charge in [-0.2, -0.15) is 0 Å². The Morgan fingerprint density at radius 2 is 1.94 bits per heavy atom. The van der Waals surface area contributed by atoms with E-state index in [1.165, 1.54) is 14.0 Å². The normalized spacial score (nSPS) is 24.6. The van der Waals surface area contributed by atoms with Crippen molar-refractivity contribution in [3.05, 3.63) is 0 Å². The number of hydrogen-bond donors (Lipinski definition) is 2. The number of amides is 3. The predicted octanol–water partition coefficient (Wildman–Crippen LogP) is -0.362. The Balaban J connectivity index is 2.76. The summed E-state index contributed by atoms with van der Waals surface area (Å²) in [7, 11) is 1.52. The Kier molecular flexibility index (Phi) is 4.32. The molecule has 2 atom stereocenters. The number of nitrogens with zero attached hydrogens (tertiary/aromatic N) is 1. The first-order valence-corrected chi connectivity index (χ1v) is 6.13. The third-order valence-corrected chi connectivity index (χ3v) is 3.50. The smallest absolute Gasteiger partial charge is 0.246 e. The molecule has 3 amide bonds. The standard InChI is InChI=1S/C12H21N3O3/c1-8(10(17)13-4)14-11(18)12(3)6-5-7-15(12)9(2)16/h8H,5-7H2,1-4H3,(H,13,17)(H,14,18)/t8-,12?/m0/s1. The third kappa shape index (κ3) is 2.63. The molecule has 1 aliphatic rings. The zero-order valence-electron chi connectivity index (χ0n) is 11.4. The van der Waals surface area contributed by atoms with E-state index in [1.54, 1.807) is 18.7 Å². The van der Waals surface area contributed by atoms with Crippen LogP contribution in [0.25, 0.3) is 0 Å². The highest BCUT2D eigenvalue weighted by Gasteiger charge is 2.45. The van der Waals surface area contributed by atoms with E-state index in [1.807, 2.05) is 0 Å². The highest BCUT2D eigenvalue weighted by Crippen LogP contribution is 2.29. The van der Waals surface area contributed by atoms with Crippen molar-refractivity contribution >= 4 is 17.7 Å². The summed E-state index contributed by atoms with van der Waals surface area (Å²) in [5.41, 5.74) is -0.839. The van der Waals surface area contributed by atoms with Crippen LogP contribution in [0.3, 0.4) is 0 Å². The second kappa shape index (κ2) is 5.37. The van der Waals surface area contributed by atoms with Gasteiger partial charge in [-0.05, 0) is 26.7 Å². The van der Waals surface area contributed by atoms with Gasteiger partial charge in [-0.3, -0.25) is 14.4 Å². The molecule has 102 valence electrons. The summed E-state index contributed by atoms with van der Waals surface area (Å²) in [5, 5.41) is 5.13. The van der Waals surface area contributed by atoms with E-state index in [4.69, 9.17) is 0 Å². The fraction of sp³-hybridized carbons (Fsp3) is 0.750. The van der Waals surface area contributed by atoms with Gasteiger partial charge in [-0.25, -0.2) is 0 Å². The van der Waals surface area contributed by atoms with Crippen molar-refractivity contribution in [3.8, 4) is 0 Å². The summed E-state index contributed by atoms with van der Waals surface area (Å²) in [6.45, 7) is 5.41. The molecule has 1 unspecified atom stereocenters. The Morgan fingerprint density at radius 1 is 1.33 bits per heavy atom. The third-order valence-electron chi connectivity index (χ3n) is 3.50. The number of likely N-dealkylation sites (tertiary alicyclic amines) is 1. The molecule has 0 aromatic carbocycles. The van der Waals surface area contributed by atoms with E-state index in [9.17, 15) is 14.4 Å². The second-order valence-electron chi connectivity index (χ2n) is 4.86. The molecule has 0 bridgehead atoms. The maximum absolute atomic E-state index is 12.2. The van der Waals surface area contributed by atoms with E-state index in [2.05, 4.69) is 10.6 Å². The van der Waals surface area contributed by atoms with E-state index >= 15 is 0 Å². The van der Waals surface area contributed by atoms with Gasteiger partial charge in [0.15, 0.2) is 0 Å². The first-order valence-electron chi connectivity index (χ1n) is 6.13. The molecule has 1 heterocycles. The number of carbonyl (C=O) groups excluding carboxylic acids is 3. The summed E-state index contributed by atoms with van der Waals surface area (Å²) in [5.74, 6) is -0.636. The Morgan fingerprint density at radius 3 is 2.44 bits per heavy atom. The quantitative estimate of drug-likeness (QED) is 0.722. The fourth-order valence-corrected chi connectivity index (χ4v) is 2.34. The zero-order valence-corrected chi connectivity index (χ0v) is 11.4. The molecule has 6 heteroatoms. The maximum Gasteiger partial charge on any atom is 0.246 e. The Hall–Kier alpha value is -1.59. The average Bonchev–Trinajstić information content (AvgIpc) is 2.71. The van der Waals surface area contributed by atoms with Gasteiger partial charge in [0.2, 0.25) is 17.7 Å². The Labute approximate surface area is 107 Å². The van der Waals surface area contributed by atoms with E-state index in [0.717, 1.165) is 6.42 Å². The van der Waals surface area contributed by atoms with Gasteiger partial charge in [0, 0.05) is 20.5 Å². The van der Waals surface area contributed by atoms with Gasteiger partial charge in [0.05, 0.1) is 0 Å². The zero-order chi connectivity index (χ0) is 13.9. The lowest BCUT2D eigenvalue weighted by molar-refractivity contribution is -0.143. The summed E-state index contributed by atoms with van der Waals surface area (Å²) in [4.78, 5) is 36.7. The molecular weight excluding hydrogens is 234 g/mol. The van der Waals surface area contributed by atoms with Crippen LogP contribution in [0.15, 0.2) is 0 Å². The van der Waals surface area contributed by atoms with Crippen molar-refractivity contribution in [2.45, 2.75) is 45.2 Å². The minimum absolute atomic E-state index is 0.113. The molecule has 0 radical (unpaired) electrons. The predicted molar refractivity (Wildman–Crippen MR) is 66.7 cm³/mol. The van der Waals surface area contributed by atoms with Crippen LogP contribution in [-0.2, 0) is 14.4 Å². The van der Waals surface area contributed by atoms with Crippen LogP contribution >= 0.6 is 0 Å². The van der Waals surface area contributed by atoms with Crippen LogP contribution in [0.4, 0.5) is 0 Å². The highest BCUT2D eigenvalue weighted by molar-refractivity contribution is 5.94. The topological polar surface area (TPSA) is 78.5 Å². The lowest BCUT2D eigenvalue weighted by Gasteiger charge is -2.33. The van der Waals surface area contributed by atoms with Gasteiger partial charge in [-0.1, -0.05) is 0 Å². The Bertz CT molecular complexity index is 370. The molecule has 1 rings (SSSR count). The maximum atomic E-state index is 12.2. The molecule has 0 aromatic rings. The van der Waals surface area contributed by atoms with Gasteiger partial charge in [0.1, 0.15) is 11.6 Å². The van der Waals surface area contributed by atoms with E-state index in [0.29, 0.717) is 13.0 Å². The van der Waals surface area contributed by atoms with Crippen molar-refractivity contribution in [2.75, 3.05) is 13.6 Å². The number of nitrogens with one attached hydrogen (secondary N) is 2. The number of hydrogen-bond acceptors (Lipinski definition) is 3. The number of carbonyl (C=O) groups is 3. The molecular formula is C12H21N3O3. The highest BCUT2D eigenvalue weighted by atomic mass is 16.2. The fourth-order valence-electron chi connectivity index (χ4n) is 2.34. The van der Waals surface area contributed by atoms with Crippen molar-refractivity contribution in [2.24, 2.45) is 0 Å². The largest absolute Gasteiger partial charge is 0.357 e. The average molecular weight is 255 g/mol. The van der Waals surface area contributed by atoms with Crippen LogP contribution in [0.2, 0.25) is 0 Å². The van der Waals surface area contributed by atoms with E-state index < -0.39 is 11.6 Å². The summed E-state index contributed by atoms with van der Waals surface area (Å²) in [6, 6.07) is -0.603. The molecule has 0 aliphatic carbocycles. The van der Waals surface area contributed by atoms with Gasteiger partial charge >= 0.3 is 0 Å². The molecule has 0 aromatic heterocycles. The molecule has 6 nitrogen and oxygen atoms in total. The summed E-state index contributed by atoms with van der Waals surface area (Å²) >= 11 is 0. The van der Waals surface area contributed by atoms with Gasteiger partial charge in [0.25, 0.3) is 0 Å².